The minimum absolute atomic E-state index is 0.237. The van der Waals surface area contributed by atoms with Crippen LogP contribution in [0.25, 0.3) is 17.2 Å². The Morgan fingerprint density at radius 1 is 0.955 bits per heavy atom. The predicted molar refractivity (Wildman–Crippen MR) is 175 cm³/mol. The Morgan fingerprint density at radius 2 is 1.70 bits per heavy atom. The lowest BCUT2D eigenvalue weighted by Crippen LogP contribution is -2.08. The maximum absolute atomic E-state index is 12.9. The Kier molecular flexibility index (Phi) is 12.7. The van der Waals surface area contributed by atoms with Gasteiger partial charge < -0.3 is 19.4 Å². The number of hydrogen-bond acceptors (Lipinski definition) is 5. The van der Waals surface area contributed by atoms with Gasteiger partial charge in [-0.25, -0.2) is 4.98 Å². The molecule has 4 aromatic rings. The number of carbonyl (C=O) groups excluding carboxylic acids is 1. The average Bonchev–Trinajstić information content (AvgIpc) is 3.47. The molecular formula is C35H40FN3O4S. The molecule has 1 heterocycles. The Hall–Kier alpha value is -4.24. The van der Waals surface area contributed by atoms with Crippen LogP contribution in [0, 0.1) is 0 Å². The molecule has 0 fully saturated rings. The number of aromatic nitrogens is 2. The first-order chi connectivity index (χ1) is 21.5. The van der Waals surface area contributed by atoms with Crippen LogP contribution in [0.5, 0.6) is 11.5 Å². The number of nitrogens with one attached hydrogen (secondary N) is 1. The number of carbonyl (C=O) groups is 1. The van der Waals surface area contributed by atoms with Crippen LogP contribution in [0.3, 0.4) is 0 Å². The van der Waals surface area contributed by atoms with Crippen molar-refractivity contribution in [1.82, 2.24) is 9.55 Å². The molecule has 1 N–H and O–H groups in total. The number of aryl methyl sites for hydroxylation is 1. The van der Waals surface area contributed by atoms with Gasteiger partial charge in [-0.05, 0) is 78.6 Å². The Bertz CT molecular complexity index is 1530. The van der Waals surface area contributed by atoms with Crippen molar-refractivity contribution in [1.29, 1.82) is 0 Å². The molecule has 0 spiro atoms. The summed E-state index contributed by atoms with van der Waals surface area (Å²) in [6.45, 7) is 5.51. The summed E-state index contributed by atoms with van der Waals surface area (Å²) >= 11 is 0. The van der Waals surface area contributed by atoms with E-state index in [-0.39, 0.29) is 18.9 Å². The largest absolute Gasteiger partial charge is 0.494 e. The molecular weight excluding hydrogens is 577 g/mol. The van der Waals surface area contributed by atoms with E-state index >= 15 is 0 Å². The monoisotopic (exact) mass is 617 g/mol. The maximum Gasteiger partial charge on any atom is 0.248 e. The van der Waals surface area contributed by atoms with E-state index in [0.29, 0.717) is 34.3 Å². The number of amides is 1. The molecule has 0 aliphatic carbocycles. The van der Waals surface area contributed by atoms with E-state index in [4.69, 9.17) is 9.47 Å². The molecule has 232 valence electrons. The summed E-state index contributed by atoms with van der Waals surface area (Å²) in [6.07, 6.45) is 9.99. The first-order valence-electron chi connectivity index (χ1n) is 15.0. The number of alkyl halides is 1. The van der Waals surface area contributed by atoms with Crippen LogP contribution in [-0.4, -0.2) is 39.6 Å². The lowest BCUT2D eigenvalue weighted by molar-refractivity contribution is -0.111. The number of hydrogen-bond donors (Lipinski definition) is 1. The van der Waals surface area contributed by atoms with Gasteiger partial charge in [-0.3, -0.25) is 13.4 Å². The molecule has 1 atom stereocenters. The van der Waals surface area contributed by atoms with Crippen LogP contribution < -0.4 is 14.8 Å². The highest BCUT2D eigenvalue weighted by Gasteiger charge is 2.11. The van der Waals surface area contributed by atoms with Crippen molar-refractivity contribution in [2.45, 2.75) is 56.7 Å². The zero-order chi connectivity index (χ0) is 31.1. The normalized spacial score (nSPS) is 11.9. The maximum atomic E-state index is 12.9. The van der Waals surface area contributed by atoms with E-state index in [2.05, 4.69) is 24.1 Å². The summed E-state index contributed by atoms with van der Waals surface area (Å²) in [5.74, 6) is 1.44. The molecule has 0 bridgehead atoms. The van der Waals surface area contributed by atoms with Gasteiger partial charge in [0.15, 0.2) is 0 Å². The van der Waals surface area contributed by atoms with E-state index in [1.807, 2.05) is 47.0 Å². The molecule has 1 amide bonds. The van der Waals surface area contributed by atoms with Gasteiger partial charge in [0, 0.05) is 41.4 Å². The van der Waals surface area contributed by atoms with Crippen molar-refractivity contribution in [2.24, 2.45) is 0 Å². The fraction of sp³-hybridized carbons (Fsp3) is 0.314. The van der Waals surface area contributed by atoms with Gasteiger partial charge in [0.25, 0.3) is 0 Å². The number of imidazole rings is 1. The second-order valence-electron chi connectivity index (χ2n) is 10.3. The minimum Gasteiger partial charge on any atom is -0.494 e. The number of ether oxygens (including phenoxy) is 2. The average molecular weight is 618 g/mol. The summed E-state index contributed by atoms with van der Waals surface area (Å²) in [6, 6.07) is 20.6. The van der Waals surface area contributed by atoms with Crippen molar-refractivity contribution < 1.29 is 22.9 Å². The van der Waals surface area contributed by atoms with Crippen LogP contribution in [0.2, 0.25) is 0 Å². The number of halogens is 1. The molecule has 0 aliphatic rings. The van der Waals surface area contributed by atoms with Gasteiger partial charge in [0.1, 0.15) is 11.5 Å². The van der Waals surface area contributed by atoms with Crippen molar-refractivity contribution in [3.8, 4) is 22.6 Å². The van der Waals surface area contributed by atoms with Gasteiger partial charge in [-0.2, -0.15) is 0 Å². The standard InChI is InChI=1S/C35H40FN3O4S/c1-3-5-21-42-32-13-7-27(8-14-32)28-9-17-34(43-22-6-19-36)29(23-28)10-18-35(40)38-30-11-15-33(16-12-30)44(41)25-31-24-37-26-39(31)20-4-2/h7-18,23-24,26H,3-6,19-22,25H2,1-2H3,(H,38,40)/b18-10+. The number of unbranched alkanes of at least 4 members (excludes halogenated alkanes) is 1. The number of nitrogens with zero attached hydrogens (tertiary/aromatic N) is 2. The van der Waals surface area contributed by atoms with Gasteiger partial charge in [-0.15, -0.1) is 0 Å². The van der Waals surface area contributed by atoms with Crippen LogP contribution in [0.4, 0.5) is 10.1 Å². The lowest BCUT2D eigenvalue weighted by Gasteiger charge is -2.12. The van der Waals surface area contributed by atoms with Crippen molar-refractivity contribution in [3.05, 3.63) is 96.6 Å². The van der Waals surface area contributed by atoms with Crippen LogP contribution in [0.1, 0.15) is 50.8 Å². The Labute approximate surface area is 261 Å². The lowest BCUT2D eigenvalue weighted by atomic mass is 10.0. The summed E-state index contributed by atoms with van der Waals surface area (Å²) in [5.41, 5.74) is 4.16. The van der Waals surface area contributed by atoms with E-state index in [9.17, 15) is 13.4 Å². The SMILES string of the molecule is CCCCOc1ccc(-c2ccc(OCCCF)c(/C=C/C(=O)Nc3ccc(S(=O)Cc4cncn4CCC)cc3)c2)cc1. The van der Waals surface area contributed by atoms with Crippen molar-refractivity contribution >= 4 is 28.5 Å². The van der Waals surface area contributed by atoms with E-state index in [1.165, 1.54) is 6.08 Å². The van der Waals surface area contributed by atoms with E-state index in [1.54, 1.807) is 42.9 Å². The molecule has 0 aliphatic heterocycles. The molecule has 1 aromatic heterocycles. The van der Waals surface area contributed by atoms with Gasteiger partial charge >= 0.3 is 0 Å². The zero-order valence-corrected chi connectivity index (χ0v) is 26.2. The number of rotatable bonds is 17. The van der Waals surface area contributed by atoms with Crippen LogP contribution >= 0.6 is 0 Å². The smallest absolute Gasteiger partial charge is 0.248 e. The first kappa shape index (κ1) is 32.7. The fourth-order valence-electron chi connectivity index (χ4n) is 4.47. The van der Waals surface area contributed by atoms with Gasteiger partial charge in [-0.1, -0.05) is 38.5 Å². The Morgan fingerprint density at radius 3 is 2.43 bits per heavy atom. The molecule has 3 aromatic carbocycles. The molecule has 4 rings (SSSR count). The molecule has 0 saturated carbocycles. The summed E-state index contributed by atoms with van der Waals surface area (Å²) < 4.78 is 39.2. The highest BCUT2D eigenvalue weighted by molar-refractivity contribution is 7.84. The van der Waals surface area contributed by atoms with Crippen molar-refractivity contribution in [3.63, 3.8) is 0 Å². The fourth-order valence-corrected chi connectivity index (χ4v) is 5.59. The number of benzene rings is 3. The summed E-state index contributed by atoms with van der Waals surface area (Å²) in [5, 5.41) is 2.85. The predicted octanol–water partition coefficient (Wildman–Crippen LogP) is 7.84. The first-order valence-corrected chi connectivity index (χ1v) is 16.3. The zero-order valence-electron chi connectivity index (χ0n) is 25.3. The quantitative estimate of drug-likeness (QED) is 0.0964. The highest BCUT2D eigenvalue weighted by atomic mass is 32.2. The van der Waals surface area contributed by atoms with Gasteiger partial charge in [0.2, 0.25) is 5.91 Å². The second kappa shape index (κ2) is 17.2. The number of anilines is 1. The molecule has 0 saturated heterocycles. The second-order valence-corrected chi connectivity index (χ2v) is 11.7. The van der Waals surface area contributed by atoms with Crippen molar-refractivity contribution in [2.75, 3.05) is 25.2 Å². The topological polar surface area (TPSA) is 82.4 Å². The Balaban J connectivity index is 1.42. The third kappa shape index (κ3) is 9.64. The van der Waals surface area contributed by atoms with Gasteiger partial charge in [0.05, 0.1) is 48.5 Å². The highest BCUT2D eigenvalue weighted by Crippen LogP contribution is 2.29. The molecule has 44 heavy (non-hydrogen) atoms. The van der Waals surface area contributed by atoms with E-state index < -0.39 is 17.5 Å². The summed E-state index contributed by atoms with van der Waals surface area (Å²) in [4.78, 5) is 17.7. The molecule has 0 radical (unpaired) electrons. The van der Waals surface area contributed by atoms with E-state index in [0.717, 1.165) is 48.4 Å². The molecule has 7 nitrogen and oxygen atoms in total. The van der Waals surface area contributed by atoms with Crippen LogP contribution in [-0.2, 0) is 27.9 Å². The minimum atomic E-state index is -1.24. The van der Waals surface area contributed by atoms with Crippen LogP contribution in [0.15, 0.2) is 90.2 Å². The third-order valence-corrected chi connectivity index (χ3v) is 8.20. The molecule has 1 unspecified atom stereocenters. The molecule has 9 heteroatoms. The summed E-state index contributed by atoms with van der Waals surface area (Å²) in [7, 11) is -1.24. The third-order valence-electron chi connectivity index (χ3n) is 6.84.